The van der Waals surface area contributed by atoms with E-state index in [1.807, 2.05) is 0 Å². The summed E-state index contributed by atoms with van der Waals surface area (Å²) >= 11 is 0. The molecule has 1 N–H and O–H groups in total. The van der Waals surface area contributed by atoms with Crippen LogP contribution in [0.15, 0.2) is 24.3 Å². The van der Waals surface area contributed by atoms with Crippen molar-refractivity contribution in [3.8, 4) is 0 Å². The van der Waals surface area contributed by atoms with Crippen molar-refractivity contribution in [2.24, 2.45) is 5.92 Å². The van der Waals surface area contributed by atoms with Crippen LogP contribution < -0.4 is 5.32 Å². The van der Waals surface area contributed by atoms with Gasteiger partial charge in [-0.15, -0.1) is 0 Å². The molecule has 4 heteroatoms. The first-order valence-electron chi connectivity index (χ1n) is 7.26. The first-order valence-corrected chi connectivity index (χ1v) is 7.26. The van der Waals surface area contributed by atoms with Gasteiger partial charge in [0.1, 0.15) is 0 Å². The first kappa shape index (κ1) is 17.0. The maximum Gasteiger partial charge on any atom is 0.416 e. The first-order chi connectivity index (χ1) is 9.36. The largest absolute Gasteiger partial charge is 0.416 e. The number of benzene rings is 1. The van der Waals surface area contributed by atoms with E-state index in [1.54, 1.807) is 12.1 Å². The Balaban J connectivity index is 2.52. The van der Waals surface area contributed by atoms with Crippen LogP contribution in [0.25, 0.3) is 0 Å². The van der Waals surface area contributed by atoms with Crippen LogP contribution >= 0.6 is 0 Å². The molecule has 1 aromatic carbocycles. The molecule has 1 aromatic rings. The van der Waals surface area contributed by atoms with Gasteiger partial charge in [0, 0.05) is 12.6 Å². The van der Waals surface area contributed by atoms with E-state index in [2.05, 4.69) is 26.1 Å². The summed E-state index contributed by atoms with van der Waals surface area (Å²) in [6.07, 6.45) is -0.967. The highest BCUT2D eigenvalue weighted by atomic mass is 19.4. The molecule has 1 nitrogen and oxygen atoms in total. The number of halogens is 3. The van der Waals surface area contributed by atoms with Gasteiger partial charge in [-0.3, -0.25) is 0 Å². The fraction of sp³-hybridized carbons (Fsp3) is 0.625. The molecular weight excluding hydrogens is 263 g/mol. The van der Waals surface area contributed by atoms with Crippen LogP contribution in [-0.2, 0) is 12.7 Å². The van der Waals surface area contributed by atoms with Gasteiger partial charge in [0.25, 0.3) is 0 Å². The quantitative estimate of drug-likeness (QED) is 0.743. The lowest BCUT2D eigenvalue weighted by Gasteiger charge is -2.20. The predicted octanol–water partition coefficient (Wildman–Crippen LogP) is 5.01. The van der Waals surface area contributed by atoms with E-state index in [0.29, 0.717) is 18.5 Å². The number of alkyl halides is 3. The molecular formula is C16H24F3N. The third-order valence-electron chi connectivity index (χ3n) is 3.75. The van der Waals surface area contributed by atoms with Crippen molar-refractivity contribution in [2.75, 3.05) is 0 Å². The Hall–Kier alpha value is -1.03. The van der Waals surface area contributed by atoms with Crippen molar-refractivity contribution < 1.29 is 13.2 Å². The van der Waals surface area contributed by atoms with Gasteiger partial charge in [0.05, 0.1) is 5.56 Å². The zero-order valence-corrected chi connectivity index (χ0v) is 12.4. The second kappa shape index (κ2) is 7.67. The molecule has 0 saturated heterocycles. The highest BCUT2D eigenvalue weighted by molar-refractivity contribution is 5.24. The molecule has 0 spiro atoms. The second-order valence-corrected chi connectivity index (χ2v) is 5.43. The minimum absolute atomic E-state index is 0.423. The Morgan fingerprint density at radius 2 is 1.65 bits per heavy atom. The fourth-order valence-electron chi connectivity index (χ4n) is 2.12. The molecule has 2 atom stereocenters. The Labute approximate surface area is 119 Å². The summed E-state index contributed by atoms with van der Waals surface area (Å²) in [5.74, 6) is 0.667. The minimum Gasteiger partial charge on any atom is -0.310 e. The third kappa shape index (κ3) is 5.53. The molecule has 0 aromatic heterocycles. The standard InChI is InChI=1S/C16H24F3N/c1-4-12(3)10-15(5-2)20-11-13-6-8-14(9-7-13)16(17,18)19/h6-9,12,15,20H,4-5,10-11H2,1-3H3. The molecule has 0 aliphatic carbocycles. The van der Waals surface area contributed by atoms with Gasteiger partial charge in [-0.05, 0) is 36.5 Å². The smallest absolute Gasteiger partial charge is 0.310 e. The van der Waals surface area contributed by atoms with Gasteiger partial charge >= 0.3 is 6.18 Å². The summed E-state index contributed by atoms with van der Waals surface area (Å²) in [6, 6.07) is 5.81. The fourth-order valence-corrected chi connectivity index (χ4v) is 2.12. The van der Waals surface area contributed by atoms with Crippen LogP contribution in [0.5, 0.6) is 0 Å². The Morgan fingerprint density at radius 3 is 2.10 bits per heavy atom. The highest BCUT2D eigenvalue weighted by Crippen LogP contribution is 2.29. The SMILES string of the molecule is CCC(C)CC(CC)NCc1ccc(C(F)(F)F)cc1. The molecule has 0 fully saturated rings. The van der Waals surface area contributed by atoms with E-state index in [1.165, 1.54) is 0 Å². The Kier molecular flexibility index (Phi) is 6.53. The van der Waals surface area contributed by atoms with Crippen LogP contribution in [0.2, 0.25) is 0 Å². The van der Waals surface area contributed by atoms with E-state index in [0.717, 1.165) is 37.0 Å². The zero-order chi connectivity index (χ0) is 15.2. The molecule has 0 radical (unpaired) electrons. The molecule has 0 saturated carbocycles. The molecule has 1 rings (SSSR count). The predicted molar refractivity (Wildman–Crippen MR) is 76.4 cm³/mol. The Morgan fingerprint density at radius 1 is 1.05 bits per heavy atom. The molecule has 0 bridgehead atoms. The van der Waals surface area contributed by atoms with Crippen molar-refractivity contribution in [2.45, 2.75) is 58.8 Å². The average Bonchev–Trinajstić information content (AvgIpc) is 2.42. The topological polar surface area (TPSA) is 12.0 Å². The van der Waals surface area contributed by atoms with Crippen molar-refractivity contribution in [3.63, 3.8) is 0 Å². The van der Waals surface area contributed by atoms with Gasteiger partial charge in [0.2, 0.25) is 0 Å². The maximum absolute atomic E-state index is 12.5. The molecule has 20 heavy (non-hydrogen) atoms. The maximum atomic E-state index is 12.5. The van der Waals surface area contributed by atoms with E-state index in [9.17, 15) is 13.2 Å². The monoisotopic (exact) mass is 287 g/mol. The van der Waals surface area contributed by atoms with Crippen LogP contribution in [-0.4, -0.2) is 6.04 Å². The van der Waals surface area contributed by atoms with E-state index >= 15 is 0 Å². The highest BCUT2D eigenvalue weighted by Gasteiger charge is 2.29. The molecule has 0 aliphatic heterocycles. The minimum atomic E-state index is -4.26. The molecule has 2 unspecified atom stereocenters. The number of nitrogens with one attached hydrogen (secondary N) is 1. The van der Waals surface area contributed by atoms with Crippen LogP contribution in [0.3, 0.4) is 0 Å². The molecule has 0 amide bonds. The van der Waals surface area contributed by atoms with Crippen LogP contribution in [0.4, 0.5) is 13.2 Å². The summed E-state index contributed by atoms with van der Waals surface area (Å²) < 4.78 is 37.4. The summed E-state index contributed by atoms with van der Waals surface area (Å²) in [5.41, 5.74) is 0.300. The van der Waals surface area contributed by atoms with Gasteiger partial charge in [-0.1, -0.05) is 39.3 Å². The van der Waals surface area contributed by atoms with E-state index in [-0.39, 0.29) is 0 Å². The van der Waals surface area contributed by atoms with Gasteiger partial charge in [0.15, 0.2) is 0 Å². The molecule has 0 aliphatic rings. The second-order valence-electron chi connectivity index (χ2n) is 5.43. The van der Waals surface area contributed by atoms with Gasteiger partial charge in [-0.25, -0.2) is 0 Å². The van der Waals surface area contributed by atoms with Gasteiger partial charge in [-0.2, -0.15) is 13.2 Å². The number of rotatable bonds is 7. The van der Waals surface area contributed by atoms with Crippen molar-refractivity contribution in [1.82, 2.24) is 5.32 Å². The van der Waals surface area contributed by atoms with Crippen molar-refractivity contribution >= 4 is 0 Å². The number of hydrogen-bond donors (Lipinski definition) is 1. The lowest BCUT2D eigenvalue weighted by molar-refractivity contribution is -0.137. The van der Waals surface area contributed by atoms with E-state index in [4.69, 9.17) is 0 Å². The number of hydrogen-bond acceptors (Lipinski definition) is 1. The molecule has 0 heterocycles. The average molecular weight is 287 g/mol. The lowest BCUT2D eigenvalue weighted by atomic mass is 9.97. The summed E-state index contributed by atoms with van der Waals surface area (Å²) in [4.78, 5) is 0. The van der Waals surface area contributed by atoms with Crippen molar-refractivity contribution in [1.29, 1.82) is 0 Å². The summed E-state index contributed by atoms with van der Waals surface area (Å²) in [5, 5.41) is 3.43. The van der Waals surface area contributed by atoms with Gasteiger partial charge < -0.3 is 5.32 Å². The van der Waals surface area contributed by atoms with Crippen LogP contribution in [0, 0.1) is 5.92 Å². The van der Waals surface area contributed by atoms with E-state index < -0.39 is 11.7 Å². The summed E-state index contributed by atoms with van der Waals surface area (Å²) in [6.45, 7) is 7.15. The molecule has 114 valence electrons. The van der Waals surface area contributed by atoms with Crippen molar-refractivity contribution in [3.05, 3.63) is 35.4 Å². The summed E-state index contributed by atoms with van der Waals surface area (Å²) in [7, 11) is 0. The zero-order valence-electron chi connectivity index (χ0n) is 12.4. The van der Waals surface area contributed by atoms with Crippen LogP contribution in [0.1, 0.15) is 51.2 Å². The normalized spacial score (nSPS) is 15.1. The third-order valence-corrected chi connectivity index (χ3v) is 3.75. The Bertz CT molecular complexity index is 384. The lowest BCUT2D eigenvalue weighted by Crippen LogP contribution is -2.29.